The Bertz CT molecular complexity index is 3030. The van der Waals surface area contributed by atoms with E-state index in [4.69, 9.17) is 8.83 Å². The molecule has 0 unspecified atom stereocenters. The Balaban J connectivity index is 1.25. The molecule has 0 radical (unpaired) electrons. The average molecular weight is 585 g/mol. The monoisotopic (exact) mass is 584 g/mol. The lowest BCUT2D eigenvalue weighted by Gasteiger charge is -2.17. The Hall–Kier alpha value is -6.12. The van der Waals surface area contributed by atoms with E-state index >= 15 is 0 Å². The molecule has 212 valence electrons. The van der Waals surface area contributed by atoms with Crippen molar-refractivity contribution in [2.24, 2.45) is 0 Å². The van der Waals surface area contributed by atoms with Crippen LogP contribution in [0.3, 0.4) is 0 Å². The van der Waals surface area contributed by atoms with Gasteiger partial charge in [0.15, 0.2) is 0 Å². The molecule has 0 aliphatic carbocycles. The summed E-state index contributed by atoms with van der Waals surface area (Å²) >= 11 is 0. The van der Waals surface area contributed by atoms with Crippen LogP contribution in [0.5, 0.6) is 0 Å². The highest BCUT2D eigenvalue weighted by molar-refractivity contribution is 6.31. The number of furan rings is 2. The lowest BCUT2D eigenvalue weighted by Crippen LogP contribution is -1.90. The average Bonchev–Trinajstić information content (AvgIpc) is 3.68. The molecule has 0 saturated heterocycles. The first-order valence-electron chi connectivity index (χ1n) is 15.8. The van der Waals surface area contributed by atoms with Crippen molar-refractivity contribution in [3.8, 4) is 22.3 Å². The van der Waals surface area contributed by atoms with E-state index < -0.39 is 0 Å². The molecule has 9 aromatic carbocycles. The summed E-state index contributed by atoms with van der Waals surface area (Å²) < 4.78 is 13.2. The largest absolute Gasteiger partial charge is 0.456 e. The van der Waals surface area contributed by atoms with E-state index in [-0.39, 0.29) is 0 Å². The van der Waals surface area contributed by atoms with Crippen molar-refractivity contribution in [3.63, 3.8) is 0 Å². The van der Waals surface area contributed by atoms with Crippen LogP contribution in [0.1, 0.15) is 0 Å². The second kappa shape index (κ2) is 8.74. The van der Waals surface area contributed by atoms with Gasteiger partial charge in [0.25, 0.3) is 0 Å². The van der Waals surface area contributed by atoms with Crippen LogP contribution in [-0.2, 0) is 0 Å². The summed E-state index contributed by atoms with van der Waals surface area (Å²) in [5, 5.41) is 14.5. The highest BCUT2D eigenvalue weighted by Gasteiger charge is 2.22. The molecule has 46 heavy (non-hydrogen) atoms. The summed E-state index contributed by atoms with van der Waals surface area (Å²) in [6.07, 6.45) is 0. The third-order valence-electron chi connectivity index (χ3n) is 10.0. The lowest BCUT2D eigenvalue weighted by molar-refractivity contribution is 0.664. The van der Waals surface area contributed by atoms with Crippen molar-refractivity contribution >= 4 is 87.0 Å². The molecule has 0 bridgehead atoms. The van der Waals surface area contributed by atoms with Gasteiger partial charge >= 0.3 is 0 Å². The van der Waals surface area contributed by atoms with E-state index in [2.05, 4.69) is 127 Å². The van der Waals surface area contributed by atoms with E-state index in [1.807, 2.05) is 18.2 Å². The molecular formula is C44H24O2. The van der Waals surface area contributed by atoms with Gasteiger partial charge < -0.3 is 8.83 Å². The minimum atomic E-state index is 0.875. The number of hydrogen-bond acceptors (Lipinski definition) is 2. The second-order valence-corrected chi connectivity index (χ2v) is 12.4. The van der Waals surface area contributed by atoms with Crippen LogP contribution in [0.2, 0.25) is 0 Å². The molecular weight excluding hydrogens is 560 g/mol. The Morgan fingerprint density at radius 2 is 0.891 bits per heavy atom. The molecule has 0 atom stereocenters. The van der Waals surface area contributed by atoms with Crippen LogP contribution in [0.4, 0.5) is 0 Å². The fraction of sp³-hybridized carbons (Fsp3) is 0. The highest BCUT2D eigenvalue weighted by atomic mass is 16.3. The molecule has 11 aromatic rings. The summed E-state index contributed by atoms with van der Waals surface area (Å²) in [6.45, 7) is 0. The molecule has 2 heterocycles. The Morgan fingerprint density at radius 1 is 0.304 bits per heavy atom. The van der Waals surface area contributed by atoms with Crippen molar-refractivity contribution in [2.75, 3.05) is 0 Å². The number of hydrogen-bond donors (Lipinski definition) is 0. The quantitative estimate of drug-likeness (QED) is 0.189. The molecule has 0 amide bonds. The zero-order valence-electron chi connectivity index (χ0n) is 24.7. The van der Waals surface area contributed by atoms with Crippen molar-refractivity contribution in [1.82, 2.24) is 0 Å². The number of rotatable bonds is 2. The van der Waals surface area contributed by atoms with Crippen molar-refractivity contribution < 1.29 is 8.83 Å². The summed E-state index contributed by atoms with van der Waals surface area (Å²) in [5.74, 6) is 0. The predicted molar refractivity (Wildman–Crippen MR) is 193 cm³/mol. The molecule has 0 fully saturated rings. The minimum Gasteiger partial charge on any atom is -0.456 e. The maximum Gasteiger partial charge on any atom is 0.144 e. The van der Waals surface area contributed by atoms with Gasteiger partial charge in [-0.2, -0.15) is 0 Å². The number of fused-ring (bicyclic) bond motifs is 8. The Labute approximate surface area is 263 Å². The van der Waals surface area contributed by atoms with Gasteiger partial charge in [0.1, 0.15) is 22.3 Å². The topological polar surface area (TPSA) is 26.3 Å². The standard InChI is InChI=1S/C44H24O2/c1-2-8-28-23-29(14-13-25(28)7-1)30-19-15-26-18-22-33-31(20-16-27-17-21-32(30)40(26)41(27)33)36-24-39-42(34-9-3-5-11-37(34)45-39)43-35-10-4-6-12-38(35)46-44(36)43/h1-24H. The first-order chi connectivity index (χ1) is 22.8. The van der Waals surface area contributed by atoms with Gasteiger partial charge in [-0.3, -0.25) is 0 Å². The van der Waals surface area contributed by atoms with E-state index in [9.17, 15) is 0 Å². The van der Waals surface area contributed by atoms with E-state index in [1.165, 1.54) is 54.2 Å². The van der Waals surface area contributed by atoms with Gasteiger partial charge in [0.2, 0.25) is 0 Å². The highest BCUT2D eigenvalue weighted by Crippen LogP contribution is 2.48. The normalized spacial score (nSPS) is 12.3. The Morgan fingerprint density at radius 3 is 1.67 bits per heavy atom. The predicted octanol–water partition coefficient (Wildman–Crippen LogP) is 12.9. The maximum atomic E-state index is 6.73. The molecule has 2 aromatic heterocycles. The SMILES string of the molecule is c1ccc2cc(-c3ccc4ccc5c(-c6cc7oc8ccccc8c7c7c6oc6ccccc67)ccc6ccc3c4c65)ccc2c1. The smallest absolute Gasteiger partial charge is 0.144 e. The molecule has 0 aliphatic heterocycles. The third-order valence-corrected chi connectivity index (χ3v) is 10.0. The molecule has 0 spiro atoms. The summed E-state index contributed by atoms with van der Waals surface area (Å²) in [6, 6.07) is 52.4. The van der Waals surface area contributed by atoms with Crippen molar-refractivity contribution in [2.45, 2.75) is 0 Å². The zero-order chi connectivity index (χ0) is 29.9. The Kier molecular flexibility index (Phi) is 4.61. The van der Waals surface area contributed by atoms with E-state index in [1.54, 1.807) is 0 Å². The second-order valence-electron chi connectivity index (χ2n) is 12.4. The van der Waals surface area contributed by atoms with Crippen LogP contribution in [0, 0.1) is 0 Å². The van der Waals surface area contributed by atoms with Gasteiger partial charge in [-0.1, -0.05) is 121 Å². The van der Waals surface area contributed by atoms with Crippen LogP contribution >= 0.6 is 0 Å². The van der Waals surface area contributed by atoms with Gasteiger partial charge in [-0.25, -0.2) is 0 Å². The molecule has 11 rings (SSSR count). The zero-order valence-corrected chi connectivity index (χ0v) is 24.7. The first kappa shape index (κ1) is 24.2. The molecule has 2 nitrogen and oxygen atoms in total. The fourth-order valence-corrected chi connectivity index (χ4v) is 7.95. The first-order valence-corrected chi connectivity index (χ1v) is 15.8. The van der Waals surface area contributed by atoms with Gasteiger partial charge in [0.05, 0.1) is 0 Å². The summed E-state index contributed by atoms with van der Waals surface area (Å²) in [5.41, 5.74) is 8.21. The molecule has 2 heteroatoms. The third kappa shape index (κ3) is 3.15. The van der Waals surface area contributed by atoms with Gasteiger partial charge in [-0.05, 0) is 84.0 Å². The van der Waals surface area contributed by atoms with Crippen LogP contribution in [-0.4, -0.2) is 0 Å². The molecule has 0 aliphatic rings. The van der Waals surface area contributed by atoms with Crippen molar-refractivity contribution in [3.05, 3.63) is 146 Å². The summed E-state index contributed by atoms with van der Waals surface area (Å²) in [7, 11) is 0. The number of benzene rings is 9. The molecule has 0 saturated carbocycles. The van der Waals surface area contributed by atoms with Gasteiger partial charge in [-0.15, -0.1) is 0 Å². The fourth-order valence-electron chi connectivity index (χ4n) is 7.95. The van der Waals surface area contributed by atoms with Crippen LogP contribution in [0.25, 0.3) is 109 Å². The molecule has 0 N–H and O–H groups in total. The van der Waals surface area contributed by atoms with Crippen LogP contribution in [0.15, 0.2) is 154 Å². The number of para-hydroxylation sites is 2. The summed E-state index contributed by atoms with van der Waals surface area (Å²) in [4.78, 5) is 0. The van der Waals surface area contributed by atoms with Crippen LogP contribution < -0.4 is 0 Å². The van der Waals surface area contributed by atoms with E-state index in [0.29, 0.717) is 0 Å². The minimum absolute atomic E-state index is 0.875. The van der Waals surface area contributed by atoms with Gasteiger partial charge in [0, 0.05) is 27.1 Å². The maximum absolute atomic E-state index is 6.73. The van der Waals surface area contributed by atoms with E-state index in [0.717, 1.165) is 55.0 Å². The van der Waals surface area contributed by atoms with Crippen molar-refractivity contribution in [1.29, 1.82) is 0 Å². The lowest BCUT2D eigenvalue weighted by atomic mass is 9.86.